The van der Waals surface area contributed by atoms with Gasteiger partial charge in [0.25, 0.3) is 0 Å². The van der Waals surface area contributed by atoms with Gasteiger partial charge in [-0.25, -0.2) is 0 Å². The minimum Gasteiger partial charge on any atom is -0.493 e. The predicted octanol–water partition coefficient (Wildman–Crippen LogP) is 3.93. The number of aromatic nitrogens is 1. The Morgan fingerprint density at radius 3 is 2.77 bits per heavy atom. The first-order valence-corrected chi connectivity index (χ1v) is 16.2. The minimum atomic E-state index is -0.448. The van der Waals surface area contributed by atoms with Gasteiger partial charge in [-0.1, -0.05) is 24.3 Å². The first-order chi connectivity index (χ1) is 22.9. The summed E-state index contributed by atoms with van der Waals surface area (Å²) in [4.78, 5) is 47.8. The Kier molecular flexibility index (Phi) is 12.2. The summed E-state index contributed by atoms with van der Waals surface area (Å²) in [7, 11) is 3.20. The third-order valence-electron chi connectivity index (χ3n) is 8.51. The lowest BCUT2D eigenvalue weighted by atomic mass is 10.0. The molecule has 6 rings (SSSR count). The fourth-order valence-electron chi connectivity index (χ4n) is 5.96. The average molecular weight is 645 g/mol. The van der Waals surface area contributed by atoms with E-state index in [1.54, 1.807) is 36.4 Å². The minimum absolute atomic E-state index is 0.0144. The van der Waals surface area contributed by atoms with Gasteiger partial charge in [-0.2, -0.15) is 0 Å². The van der Waals surface area contributed by atoms with E-state index in [1.807, 2.05) is 54.6 Å². The number of rotatable bonds is 8. The van der Waals surface area contributed by atoms with Crippen molar-refractivity contribution in [2.45, 2.75) is 57.3 Å². The number of carbonyl (C=O) groups is 3. The van der Waals surface area contributed by atoms with E-state index >= 15 is 0 Å². The molecule has 3 amide bonds. The summed E-state index contributed by atoms with van der Waals surface area (Å²) in [6, 6.07) is 16.7. The molecule has 250 valence electrons. The van der Waals surface area contributed by atoms with Crippen molar-refractivity contribution in [2.75, 3.05) is 47.0 Å². The van der Waals surface area contributed by atoms with Crippen LogP contribution in [0.1, 0.15) is 42.4 Å². The quantitative estimate of drug-likeness (QED) is 0.367. The predicted molar refractivity (Wildman–Crippen MR) is 175 cm³/mol. The molecule has 11 heteroatoms. The number of hydrogen-bond acceptors (Lipinski definition) is 8. The Balaban J connectivity index is 1.36. The average Bonchev–Trinajstić information content (AvgIpc) is 3.09. The smallest absolute Gasteiger partial charge is 0.239 e. The van der Waals surface area contributed by atoms with Crippen LogP contribution in [0.5, 0.6) is 17.2 Å². The molecule has 1 N–H and O–H groups in total. The van der Waals surface area contributed by atoms with Crippen LogP contribution < -0.4 is 14.8 Å². The molecule has 47 heavy (non-hydrogen) atoms. The lowest BCUT2D eigenvalue weighted by Gasteiger charge is -2.39. The van der Waals surface area contributed by atoms with E-state index in [2.05, 4.69) is 10.3 Å². The third kappa shape index (κ3) is 9.76. The number of likely N-dealkylation sites (tertiary alicyclic amines) is 1. The molecule has 3 aliphatic rings. The number of benzene rings is 2. The van der Waals surface area contributed by atoms with Crippen LogP contribution in [-0.2, 0) is 43.3 Å². The molecule has 1 saturated heterocycles. The number of pyridine rings is 1. The van der Waals surface area contributed by atoms with Crippen LogP contribution in [0.15, 0.2) is 67.0 Å². The molecule has 4 bridgehead atoms. The topological polar surface area (TPSA) is 120 Å². The van der Waals surface area contributed by atoms with E-state index in [-0.39, 0.29) is 36.8 Å². The molecule has 11 nitrogen and oxygen atoms in total. The molecule has 1 fully saturated rings. The normalized spacial score (nSPS) is 19.1. The van der Waals surface area contributed by atoms with Gasteiger partial charge in [0.1, 0.15) is 5.75 Å². The number of carbonyl (C=O) groups excluding carboxylic acids is 3. The molecular weight excluding hydrogens is 600 g/mol. The van der Waals surface area contributed by atoms with Crippen molar-refractivity contribution in [3.8, 4) is 17.2 Å². The molecule has 4 heterocycles. The summed E-state index contributed by atoms with van der Waals surface area (Å²) in [5, 5.41) is 3.12. The molecule has 0 unspecified atom stereocenters. The summed E-state index contributed by atoms with van der Waals surface area (Å²) in [5.74, 6) is 1.36. The number of ether oxygens (including phenoxy) is 4. The molecule has 2 aromatic carbocycles. The number of aryl methyl sites for hydroxylation is 2. The van der Waals surface area contributed by atoms with Gasteiger partial charge in [0.15, 0.2) is 11.5 Å². The van der Waals surface area contributed by atoms with Gasteiger partial charge in [0.2, 0.25) is 17.7 Å². The number of hydrogen-bond donors (Lipinski definition) is 1. The Hall–Kier alpha value is -4.48. The maximum atomic E-state index is 13.5. The van der Waals surface area contributed by atoms with Crippen LogP contribution in [0.4, 0.5) is 0 Å². The second-order valence-electron chi connectivity index (χ2n) is 11.9. The lowest BCUT2D eigenvalue weighted by molar-refractivity contribution is -0.139. The maximum absolute atomic E-state index is 13.5. The van der Waals surface area contributed by atoms with E-state index in [1.165, 1.54) is 0 Å². The van der Waals surface area contributed by atoms with E-state index in [0.717, 1.165) is 16.7 Å². The van der Waals surface area contributed by atoms with Crippen molar-refractivity contribution >= 4 is 17.7 Å². The zero-order valence-electron chi connectivity index (χ0n) is 27.2. The molecule has 0 aliphatic carbocycles. The van der Waals surface area contributed by atoms with Gasteiger partial charge >= 0.3 is 0 Å². The second kappa shape index (κ2) is 16.9. The summed E-state index contributed by atoms with van der Waals surface area (Å²) in [5.41, 5.74) is 2.83. The van der Waals surface area contributed by atoms with Crippen molar-refractivity contribution in [3.63, 3.8) is 0 Å². The third-order valence-corrected chi connectivity index (χ3v) is 8.51. The highest BCUT2D eigenvalue weighted by molar-refractivity contribution is 5.85. The zero-order valence-corrected chi connectivity index (χ0v) is 27.2. The highest BCUT2D eigenvalue weighted by Gasteiger charge is 2.34. The summed E-state index contributed by atoms with van der Waals surface area (Å²) >= 11 is 0. The number of methoxy groups -OCH3 is 2. The van der Waals surface area contributed by atoms with Crippen LogP contribution in [0.25, 0.3) is 0 Å². The van der Waals surface area contributed by atoms with Crippen molar-refractivity contribution < 1.29 is 33.3 Å². The maximum Gasteiger partial charge on any atom is 0.239 e. The fraction of sp³-hybridized carbons (Fsp3) is 0.444. The van der Waals surface area contributed by atoms with Gasteiger partial charge < -0.3 is 34.1 Å². The molecule has 0 spiro atoms. The summed E-state index contributed by atoms with van der Waals surface area (Å²) < 4.78 is 23.4. The van der Waals surface area contributed by atoms with Crippen LogP contribution in [0.2, 0.25) is 0 Å². The van der Waals surface area contributed by atoms with E-state index in [9.17, 15) is 14.4 Å². The van der Waals surface area contributed by atoms with E-state index in [0.29, 0.717) is 82.2 Å². The highest BCUT2D eigenvalue weighted by Crippen LogP contribution is 2.33. The number of amides is 3. The first-order valence-electron chi connectivity index (χ1n) is 16.2. The zero-order chi connectivity index (χ0) is 33.0. The first kappa shape index (κ1) is 33.9. The van der Waals surface area contributed by atoms with Crippen molar-refractivity contribution in [1.82, 2.24) is 20.1 Å². The Labute approximate surface area is 276 Å². The molecule has 3 aromatic rings. The molecule has 0 saturated carbocycles. The molecular formula is C36H44N4O7. The largest absolute Gasteiger partial charge is 0.493 e. The Morgan fingerprint density at radius 2 is 1.96 bits per heavy atom. The fourth-order valence-corrected chi connectivity index (χ4v) is 5.96. The summed E-state index contributed by atoms with van der Waals surface area (Å²) in [6.07, 6.45) is 5.93. The number of nitrogens with zero attached hydrogens (tertiary/aromatic N) is 3. The van der Waals surface area contributed by atoms with Crippen LogP contribution in [0, 0.1) is 0 Å². The lowest BCUT2D eigenvalue weighted by Crippen LogP contribution is -2.58. The van der Waals surface area contributed by atoms with Crippen LogP contribution in [0.3, 0.4) is 0 Å². The van der Waals surface area contributed by atoms with Gasteiger partial charge in [-0.15, -0.1) is 0 Å². The molecule has 2 atom stereocenters. The van der Waals surface area contributed by atoms with Crippen molar-refractivity contribution in [1.29, 1.82) is 0 Å². The van der Waals surface area contributed by atoms with Crippen molar-refractivity contribution in [2.24, 2.45) is 0 Å². The number of piperidine rings is 1. The molecule has 3 aliphatic heterocycles. The van der Waals surface area contributed by atoms with Gasteiger partial charge in [-0.3, -0.25) is 19.4 Å². The molecule has 1 aromatic heterocycles. The van der Waals surface area contributed by atoms with Gasteiger partial charge in [0, 0.05) is 58.6 Å². The van der Waals surface area contributed by atoms with Crippen LogP contribution in [-0.4, -0.2) is 91.7 Å². The van der Waals surface area contributed by atoms with Gasteiger partial charge in [-0.05, 0) is 72.7 Å². The van der Waals surface area contributed by atoms with Crippen molar-refractivity contribution in [3.05, 3.63) is 83.7 Å². The number of nitrogens with one attached hydrogen (secondary N) is 1. The Bertz CT molecular complexity index is 1500. The molecule has 0 radical (unpaired) electrons. The van der Waals surface area contributed by atoms with Gasteiger partial charge in [0.05, 0.1) is 32.4 Å². The van der Waals surface area contributed by atoms with Crippen LogP contribution >= 0.6 is 0 Å². The standard InChI is InChI=1S/C36H44N4O7/c1-44-19-5-17-39-24-34(41)38-30-23-40(36(43)14-11-27-7-4-16-37-22-27)18-15-31(30)46-25-28-6-3-8-29(20-28)47-32-12-9-26(10-13-35(39)42)21-33(32)45-2/h3-4,6-9,12,16,20-22,30-31H,5,10-11,13-15,17-19,23-25H2,1-2H3,(H,38,41)/t30-,31+/m0/s1. The van der Waals surface area contributed by atoms with E-state index < -0.39 is 6.04 Å². The monoisotopic (exact) mass is 644 g/mol. The second-order valence-corrected chi connectivity index (χ2v) is 11.9. The summed E-state index contributed by atoms with van der Waals surface area (Å²) in [6.45, 7) is 1.88. The van der Waals surface area contributed by atoms with E-state index in [4.69, 9.17) is 18.9 Å². The SMILES string of the molecule is COCCCN1CC(=O)N[C@H]2CN(C(=O)CCc3cccnc3)CC[C@H]2OCc2cccc(c2)Oc2ccc(cc2OC)CCC1=O. The highest BCUT2D eigenvalue weighted by atomic mass is 16.5. The Morgan fingerprint density at radius 1 is 1.06 bits per heavy atom. The number of fused-ring (bicyclic) bond motifs is 9.